The Labute approximate surface area is 91.5 Å². The van der Waals surface area contributed by atoms with E-state index in [-0.39, 0.29) is 17.4 Å². The van der Waals surface area contributed by atoms with Gasteiger partial charge in [-0.3, -0.25) is 4.79 Å². The van der Waals surface area contributed by atoms with Crippen molar-refractivity contribution in [3.05, 3.63) is 0 Å². The molecule has 1 amide bonds. The minimum Gasteiger partial charge on any atom is -0.385 e. The predicted octanol–water partition coefficient (Wildman–Crippen LogP) is 0.657. The van der Waals surface area contributed by atoms with Gasteiger partial charge in [0.2, 0.25) is 5.91 Å². The van der Waals surface area contributed by atoms with E-state index < -0.39 is 0 Å². The Morgan fingerprint density at radius 3 is 2.93 bits per heavy atom. The molecular formula is C11H22N2O2. The summed E-state index contributed by atoms with van der Waals surface area (Å²) in [7, 11) is 1.66. The van der Waals surface area contributed by atoms with Crippen molar-refractivity contribution in [2.24, 2.45) is 11.1 Å². The molecule has 0 radical (unpaired) electrons. The van der Waals surface area contributed by atoms with Crippen molar-refractivity contribution in [2.75, 3.05) is 20.3 Å². The van der Waals surface area contributed by atoms with Crippen LogP contribution in [0.3, 0.4) is 0 Å². The van der Waals surface area contributed by atoms with Gasteiger partial charge in [-0.15, -0.1) is 0 Å². The Morgan fingerprint density at radius 1 is 1.67 bits per heavy atom. The number of nitrogens with two attached hydrogens (primary N) is 1. The van der Waals surface area contributed by atoms with E-state index >= 15 is 0 Å². The molecule has 0 heterocycles. The first kappa shape index (κ1) is 12.5. The molecule has 1 aliphatic rings. The molecule has 0 aromatic carbocycles. The molecule has 0 aliphatic heterocycles. The summed E-state index contributed by atoms with van der Waals surface area (Å²) in [5.41, 5.74) is 5.60. The van der Waals surface area contributed by atoms with Crippen LogP contribution in [0.15, 0.2) is 0 Å². The molecule has 0 saturated heterocycles. The molecule has 1 saturated carbocycles. The van der Waals surface area contributed by atoms with Crippen molar-refractivity contribution >= 4 is 5.91 Å². The quantitative estimate of drug-likeness (QED) is 0.661. The molecule has 0 spiro atoms. The first-order valence-corrected chi connectivity index (χ1v) is 5.64. The number of hydrogen-bond donors (Lipinski definition) is 2. The van der Waals surface area contributed by atoms with Crippen molar-refractivity contribution in [3.8, 4) is 0 Å². The molecule has 0 aromatic rings. The third kappa shape index (κ3) is 2.92. The van der Waals surface area contributed by atoms with E-state index in [1.54, 1.807) is 7.11 Å². The average molecular weight is 214 g/mol. The fourth-order valence-corrected chi connectivity index (χ4v) is 2.10. The van der Waals surface area contributed by atoms with Crippen LogP contribution >= 0.6 is 0 Å². The van der Waals surface area contributed by atoms with Gasteiger partial charge in [0, 0.05) is 26.3 Å². The van der Waals surface area contributed by atoms with Crippen LogP contribution in [-0.4, -0.2) is 32.2 Å². The lowest BCUT2D eigenvalue weighted by molar-refractivity contribution is -0.130. The number of carbonyl (C=O) groups excluding carboxylic acids is 1. The van der Waals surface area contributed by atoms with Crippen molar-refractivity contribution in [2.45, 2.75) is 38.6 Å². The summed E-state index contributed by atoms with van der Waals surface area (Å²) in [6, 6.07) is 0.0138. The van der Waals surface area contributed by atoms with E-state index in [0.717, 1.165) is 25.7 Å². The summed E-state index contributed by atoms with van der Waals surface area (Å²) in [6.07, 6.45) is 3.78. The molecule has 4 nitrogen and oxygen atoms in total. The monoisotopic (exact) mass is 214 g/mol. The number of rotatable bonds is 5. The van der Waals surface area contributed by atoms with Crippen molar-refractivity contribution in [3.63, 3.8) is 0 Å². The zero-order chi connectivity index (χ0) is 11.3. The zero-order valence-electron chi connectivity index (χ0n) is 9.71. The van der Waals surface area contributed by atoms with Crippen LogP contribution in [0.4, 0.5) is 0 Å². The minimum absolute atomic E-state index is 0.0138. The first-order valence-electron chi connectivity index (χ1n) is 5.64. The highest BCUT2D eigenvalue weighted by Crippen LogP contribution is 2.36. The fraction of sp³-hybridized carbons (Fsp3) is 0.909. The summed E-state index contributed by atoms with van der Waals surface area (Å²) in [6.45, 7) is 3.33. The van der Waals surface area contributed by atoms with E-state index in [9.17, 15) is 4.79 Å². The second kappa shape index (κ2) is 5.47. The molecule has 1 fully saturated rings. The van der Waals surface area contributed by atoms with Crippen LogP contribution in [0, 0.1) is 5.41 Å². The number of nitrogens with one attached hydrogen (secondary N) is 1. The van der Waals surface area contributed by atoms with E-state index in [0.29, 0.717) is 13.2 Å². The first-order chi connectivity index (χ1) is 7.11. The maximum absolute atomic E-state index is 11.9. The third-order valence-electron chi connectivity index (χ3n) is 3.36. The molecule has 0 aromatic heterocycles. The fourth-order valence-electron chi connectivity index (χ4n) is 2.10. The van der Waals surface area contributed by atoms with Crippen LogP contribution in [0.1, 0.15) is 32.6 Å². The van der Waals surface area contributed by atoms with Gasteiger partial charge in [-0.05, 0) is 26.2 Å². The summed E-state index contributed by atoms with van der Waals surface area (Å²) in [5, 5.41) is 2.93. The number of methoxy groups -OCH3 is 1. The Balaban J connectivity index is 2.32. The lowest BCUT2D eigenvalue weighted by atomic mass is 9.84. The van der Waals surface area contributed by atoms with Crippen LogP contribution in [0.25, 0.3) is 0 Å². The molecule has 0 bridgehead atoms. The summed E-state index contributed by atoms with van der Waals surface area (Å²) in [4.78, 5) is 11.9. The van der Waals surface area contributed by atoms with Gasteiger partial charge in [-0.2, -0.15) is 0 Å². The highest BCUT2D eigenvalue weighted by atomic mass is 16.5. The van der Waals surface area contributed by atoms with Crippen molar-refractivity contribution < 1.29 is 9.53 Å². The molecule has 4 heteroatoms. The molecule has 15 heavy (non-hydrogen) atoms. The Morgan fingerprint density at radius 2 is 2.40 bits per heavy atom. The highest BCUT2D eigenvalue weighted by molar-refractivity contribution is 5.83. The van der Waals surface area contributed by atoms with Crippen molar-refractivity contribution in [1.82, 2.24) is 5.32 Å². The van der Waals surface area contributed by atoms with Gasteiger partial charge < -0.3 is 15.8 Å². The third-order valence-corrected chi connectivity index (χ3v) is 3.36. The second-order valence-corrected chi connectivity index (χ2v) is 4.52. The number of hydrogen-bond acceptors (Lipinski definition) is 3. The number of ether oxygens (including phenoxy) is 1. The van der Waals surface area contributed by atoms with Crippen molar-refractivity contribution in [1.29, 1.82) is 0 Å². The average Bonchev–Trinajstić information content (AvgIpc) is 2.55. The van der Waals surface area contributed by atoms with E-state index in [1.165, 1.54) is 0 Å². The largest absolute Gasteiger partial charge is 0.385 e. The molecule has 3 N–H and O–H groups in total. The van der Waals surface area contributed by atoms with Gasteiger partial charge in [-0.1, -0.05) is 6.42 Å². The van der Waals surface area contributed by atoms with Gasteiger partial charge in [0.05, 0.1) is 5.41 Å². The van der Waals surface area contributed by atoms with Crippen LogP contribution in [0.5, 0.6) is 0 Å². The van der Waals surface area contributed by atoms with E-state index in [1.807, 2.05) is 6.92 Å². The number of carbonyl (C=O) groups is 1. The maximum atomic E-state index is 11.9. The molecule has 1 rings (SSSR count). The normalized spacial score (nSPS) is 30.5. The van der Waals surface area contributed by atoms with Crippen LogP contribution in [-0.2, 0) is 9.53 Å². The topological polar surface area (TPSA) is 64.3 Å². The van der Waals surface area contributed by atoms with E-state index in [4.69, 9.17) is 10.5 Å². The summed E-state index contributed by atoms with van der Waals surface area (Å²) >= 11 is 0. The molecule has 2 unspecified atom stereocenters. The Bertz CT molecular complexity index is 221. The van der Waals surface area contributed by atoms with Gasteiger partial charge in [0.15, 0.2) is 0 Å². The Kier molecular flexibility index (Phi) is 4.54. The van der Waals surface area contributed by atoms with E-state index in [2.05, 4.69) is 5.32 Å². The lowest BCUT2D eigenvalue weighted by Gasteiger charge is -2.27. The van der Waals surface area contributed by atoms with Crippen LogP contribution < -0.4 is 11.1 Å². The molecular weight excluding hydrogens is 192 g/mol. The maximum Gasteiger partial charge on any atom is 0.227 e. The predicted molar refractivity (Wildman–Crippen MR) is 59.4 cm³/mol. The minimum atomic E-state index is -0.354. The summed E-state index contributed by atoms with van der Waals surface area (Å²) < 4.78 is 4.92. The SMILES string of the molecule is COCCCNC(=O)C1(C)CCCC1N. The van der Waals surface area contributed by atoms with Gasteiger partial charge in [0.1, 0.15) is 0 Å². The molecule has 2 atom stereocenters. The van der Waals surface area contributed by atoms with Crippen LogP contribution in [0.2, 0.25) is 0 Å². The summed E-state index contributed by atoms with van der Waals surface area (Å²) in [5.74, 6) is 0.101. The van der Waals surface area contributed by atoms with Gasteiger partial charge in [0.25, 0.3) is 0 Å². The smallest absolute Gasteiger partial charge is 0.227 e. The second-order valence-electron chi connectivity index (χ2n) is 4.52. The van der Waals surface area contributed by atoms with Gasteiger partial charge in [-0.25, -0.2) is 0 Å². The molecule has 88 valence electrons. The standard InChI is InChI=1S/C11H22N2O2/c1-11(6-3-5-9(11)12)10(14)13-7-4-8-15-2/h9H,3-8,12H2,1-2H3,(H,13,14). The number of amides is 1. The molecule has 1 aliphatic carbocycles. The van der Waals surface area contributed by atoms with Gasteiger partial charge >= 0.3 is 0 Å². The zero-order valence-corrected chi connectivity index (χ0v) is 9.71. The highest BCUT2D eigenvalue weighted by Gasteiger charge is 2.42. The Hall–Kier alpha value is -0.610. The lowest BCUT2D eigenvalue weighted by Crippen LogP contribution is -2.47.